The van der Waals surface area contributed by atoms with Gasteiger partial charge in [0.1, 0.15) is 0 Å². The van der Waals surface area contributed by atoms with Crippen LogP contribution in [0.1, 0.15) is 18.4 Å². The molecule has 0 aliphatic heterocycles. The molecule has 0 heterocycles. The zero-order valence-corrected chi connectivity index (χ0v) is 14.0. The zero-order valence-electron chi connectivity index (χ0n) is 12.3. The Morgan fingerprint density at radius 1 is 1.33 bits per heavy atom. The van der Waals surface area contributed by atoms with Crippen LogP contribution in [0, 0.1) is 0 Å². The van der Waals surface area contributed by atoms with Crippen LogP contribution in [0.3, 0.4) is 0 Å². The zero-order chi connectivity index (χ0) is 13.7. The Balaban J connectivity index is 0.00000200. The molecule has 0 spiro atoms. The first-order valence-corrected chi connectivity index (χ1v) is 6.94. The molecule has 2 rings (SSSR count). The van der Waals surface area contributed by atoms with E-state index in [1.807, 2.05) is 30.3 Å². The molecule has 0 aromatic heterocycles. The van der Waals surface area contributed by atoms with Crippen LogP contribution in [0.5, 0.6) is 0 Å². The molecule has 1 aliphatic rings. The van der Waals surface area contributed by atoms with Crippen molar-refractivity contribution in [3.05, 3.63) is 35.9 Å². The van der Waals surface area contributed by atoms with Gasteiger partial charge in [0.2, 0.25) is 5.91 Å². The number of hydrogen-bond donors (Lipinski definition) is 2. The summed E-state index contributed by atoms with van der Waals surface area (Å²) in [6.45, 7) is 1.57. The Bertz CT molecular complexity index is 413. The summed E-state index contributed by atoms with van der Waals surface area (Å²) in [6.07, 6.45) is 3.17. The number of amides is 1. The van der Waals surface area contributed by atoms with Crippen molar-refractivity contribution >= 4 is 30.7 Å². The summed E-state index contributed by atoms with van der Waals surface area (Å²) in [5, 5.41) is 2.91. The second kappa shape index (κ2) is 10.0. The number of halogens is 2. The molecular formula is C15H25Cl2N3O. The molecule has 1 saturated carbocycles. The van der Waals surface area contributed by atoms with Gasteiger partial charge in [-0.15, -0.1) is 24.8 Å². The van der Waals surface area contributed by atoms with Crippen molar-refractivity contribution < 1.29 is 4.79 Å². The lowest BCUT2D eigenvalue weighted by Crippen LogP contribution is -2.44. The Labute approximate surface area is 139 Å². The van der Waals surface area contributed by atoms with E-state index in [4.69, 9.17) is 5.73 Å². The first-order valence-electron chi connectivity index (χ1n) is 6.94. The van der Waals surface area contributed by atoms with Crippen LogP contribution in [0.4, 0.5) is 0 Å². The molecule has 21 heavy (non-hydrogen) atoms. The molecule has 0 radical (unpaired) electrons. The highest BCUT2D eigenvalue weighted by Gasteiger charge is 2.25. The number of nitrogens with two attached hydrogens (primary N) is 1. The molecule has 120 valence electrons. The maximum Gasteiger partial charge on any atom is 0.237 e. The maximum atomic E-state index is 11.9. The van der Waals surface area contributed by atoms with Gasteiger partial charge >= 0.3 is 0 Å². The fourth-order valence-corrected chi connectivity index (χ4v) is 2.15. The van der Waals surface area contributed by atoms with Gasteiger partial charge in [0.25, 0.3) is 0 Å². The van der Waals surface area contributed by atoms with E-state index < -0.39 is 6.04 Å². The third-order valence-corrected chi connectivity index (χ3v) is 3.57. The second-order valence-corrected chi connectivity index (χ2v) is 5.30. The molecular weight excluding hydrogens is 309 g/mol. The van der Waals surface area contributed by atoms with E-state index in [-0.39, 0.29) is 30.7 Å². The number of rotatable bonds is 7. The van der Waals surface area contributed by atoms with Gasteiger partial charge in [0, 0.05) is 19.1 Å². The molecule has 0 saturated heterocycles. The van der Waals surface area contributed by atoms with Gasteiger partial charge in [-0.2, -0.15) is 0 Å². The normalized spacial score (nSPS) is 14.8. The van der Waals surface area contributed by atoms with Crippen LogP contribution in [-0.2, 0) is 11.2 Å². The minimum atomic E-state index is -0.464. The van der Waals surface area contributed by atoms with Crippen molar-refractivity contribution in [2.75, 3.05) is 20.1 Å². The van der Waals surface area contributed by atoms with Crippen molar-refractivity contribution in [1.29, 1.82) is 0 Å². The van der Waals surface area contributed by atoms with Gasteiger partial charge in [-0.3, -0.25) is 4.79 Å². The third-order valence-electron chi connectivity index (χ3n) is 3.57. The van der Waals surface area contributed by atoms with Crippen LogP contribution in [-0.4, -0.2) is 43.0 Å². The number of carbonyl (C=O) groups is 1. The summed E-state index contributed by atoms with van der Waals surface area (Å²) < 4.78 is 0. The van der Waals surface area contributed by atoms with Crippen LogP contribution in [0.15, 0.2) is 30.3 Å². The highest BCUT2D eigenvalue weighted by molar-refractivity contribution is 5.85. The third kappa shape index (κ3) is 7.14. The van der Waals surface area contributed by atoms with Crippen molar-refractivity contribution in [2.45, 2.75) is 31.3 Å². The summed E-state index contributed by atoms with van der Waals surface area (Å²) in [6, 6.07) is 10.1. The highest BCUT2D eigenvalue weighted by atomic mass is 35.5. The van der Waals surface area contributed by atoms with E-state index in [1.54, 1.807) is 0 Å². The second-order valence-electron chi connectivity index (χ2n) is 5.30. The summed E-state index contributed by atoms with van der Waals surface area (Å²) in [4.78, 5) is 14.2. The fourth-order valence-electron chi connectivity index (χ4n) is 2.15. The number of hydrogen-bond acceptors (Lipinski definition) is 3. The molecule has 1 aromatic rings. The molecule has 1 amide bonds. The Hall–Kier alpha value is -0.810. The number of nitrogens with one attached hydrogen (secondary N) is 1. The van der Waals surface area contributed by atoms with Gasteiger partial charge < -0.3 is 16.0 Å². The summed E-state index contributed by atoms with van der Waals surface area (Å²) in [7, 11) is 2.10. The standard InChI is InChI=1S/C15H23N3O.2ClH/c1-18(13-7-8-13)10-9-17-15(19)14(16)11-12-5-3-2-4-6-12;;/h2-6,13-14H,7-11,16H2,1H3,(H,17,19);2*1H. The molecule has 1 fully saturated rings. The van der Waals surface area contributed by atoms with Gasteiger partial charge in [0.05, 0.1) is 6.04 Å². The van der Waals surface area contributed by atoms with Gasteiger partial charge in [-0.25, -0.2) is 0 Å². The quantitative estimate of drug-likeness (QED) is 0.797. The van der Waals surface area contributed by atoms with Crippen molar-refractivity contribution in [1.82, 2.24) is 10.2 Å². The van der Waals surface area contributed by atoms with E-state index in [2.05, 4.69) is 17.3 Å². The Morgan fingerprint density at radius 2 is 1.95 bits per heavy atom. The lowest BCUT2D eigenvalue weighted by molar-refractivity contribution is -0.122. The summed E-state index contributed by atoms with van der Waals surface area (Å²) in [5.41, 5.74) is 7.01. The van der Waals surface area contributed by atoms with Gasteiger partial charge in [0.15, 0.2) is 0 Å². The number of benzene rings is 1. The Morgan fingerprint density at radius 3 is 2.52 bits per heavy atom. The SMILES string of the molecule is CN(CCNC(=O)C(N)Cc1ccccc1)C1CC1.Cl.Cl. The molecule has 1 unspecified atom stereocenters. The van der Waals surface area contributed by atoms with Gasteiger partial charge in [-0.1, -0.05) is 30.3 Å². The first-order chi connectivity index (χ1) is 9.16. The molecule has 0 bridgehead atoms. The van der Waals surface area contributed by atoms with Crippen LogP contribution < -0.4 is 11.1 Å². The monoisotopic (exact) mass is 333 g/mol. The van der Waals surface area contributed by atoms with Crippen molar-refractivity contribution in [3.63, 3.8) is 0 Å². The van der Waals surface area contributed by atoms with E-state index >= 15 is 0 Å². The summed E-state index contributed by atoms with van der Waals surface area (Å²) in [5.74, 6) is -0.0620. The minimum Gasteiger partial charge on any atom is -0.353 e. The van der Waals surface area contributed by atoms with Crippen LogP contribution in [0.2, 0.25) is 0 Å². The lowest BCUT2D eigenvalue weighted by atomic mass is 10.1. The Kier molecular flexibility index (Phi) is 9.62. The largest absolute Gasteiger partial charge is 0.353 e. The predicted octanol–water partition coefficient (Wildman–Crippen LogP) is 1.61. The molecule has 1 atom stereocenters. The topological polar surface area (TPSA) is 58.4 Å². The lowest BCUT2D eigenvalue weighted by Gasteiger charge is -2.17. The van der Waals surface area contributed by atoms with Crippen LogP contribution in [0.25, 0.3) is 0 Å². The van der Waals surface area contributed by atoms with Crippen LogP contribution >= 0.6 is 24.8 Å². The van der Waals surface area contributed by atoms with E-state index in [9.17, 15) is 4.79 Å². The predicted molar refractivity (Wildman–Crippen MR) is 91.3 cm³/mol. The molecule has 1 aromatic carbocycles. The van der Waals surface area contributed by atoms with Gasteiger partial charge in [-0.05, 0) is 31.9 Å². The van der Waals surface area contributed by atoms with E-state index in [1.165, 1.54) is 12.8 Å². The first kappa shape index (κ1) is 20.2. The smallest absolute Gasteiger partial charge is 0.237 e. The summed E-state index contributed by atoms with van der Waals surface area (Å²) >= 11 is 0. The van der Waals surface area contributed by atoms with E-state index in [0.29, 0.717) is 13.0 Å². The molecule has 1 aliphatic carbocycles. The minimum absolute atomic E-state index is 0. The molecule has 6 heteroatoms. The highest BCUT2D eigenvalue weighted by Crippen LogP contribution is 2.24. The maximum absolute atomic E-state index is 11.9. The van der Waals surface area contributed by atoms with Crippen molar-refractivity contribution in [2.24, 2.45) is 5.73 Å². The number of carbonyl (C=O) groups excluding carboxylic acids is 1. The number of likely N-dealkylation sites (N-methyl/N-ethyl adjacent to an activating group) is 1. The van der Waals surface area contributed by atoms with E-state index in [0.717, 1.165) is 18.2 Å². The fraction of sp³-hybridized carbons (Fsp3) is 0.533. The van der Waals surface area contributed by atoms with Crippen molar-refractivity contribution in [3.8, 4) is 0 Å². The average molecular weight is 334 g/mol. The number of nitrogens with zero attached hydrogens (tertiary/aromatic N) is 1. The average Bonchev–Trinajstić information content (AvgIpc) is 3.24. The molecule has 3 N–H and O–H groups in total. The molecule has 4 nitrogen and oxygen atoms in total.